The Morgan fingerprint density at radius 3 is 2.35 bits per heavy atom. The summed E-state index contributed by atoms with van der Waals surface area (Å²) >= 11 is 0. The molecule has 0 aliphatic carbocycles. The highest BCUT2D eigenvalue weighted by atomic mass is 127. The van der Waals surface area contributed by atoms with Gasteiger partial charge in [-0.3, -0.25) is 9.89 Å². The van der Waals surface area contributed by atoms with Gasteiger partial charge in [0.1, 0.15) is 5.75 Å². The van der Waals surface area contributed by atoms with E-state index in [0.29, 0.717) is 25.2 Å². The lowest BCUT2D eigenvalue weighted by Crippen LogP contribution is -2.41. The quantitative estimate of drug-likeness (QED) is 0.233. The van der Waals surface area contributed by atoms with E-state index in [1.165, 1.54) is 0 Å². The molecule has 0 amide bonds. The molecule has 2 N–H and O–H groups in total. The van der Waals surface area contributed by atoms with Crippen LogP contribution in [-0.4, -0.2) is 49.7 Å². The second kappa shape index (κ2) is 14.1. The topological polar surface area (TPSA) is 48.9 Å². The molecule has 1 aromatic carbocycles. The van der Waals surface area contributed by atoms with Crippen LogP contribution in [0.4, 0.5) is 0 Å². The van der Waals surface area contributed by atoms with E-state index in [0.717, 1.165) is 36.8 Å². The zero-order valence-corrected chi connectivity index (χ0v) is 19.5. The minimum Gasteiger partial charge on any atom is -0.494 e. The van der Waals surface area contributed by atoms with Gasteiger partial charge in [-0.05, 0) is 47.1 Å². The summed E-state index contributed by atoms with van der Waals surface area (Å²) in [6.07, 6.45) is 1.09. The molecule has 0 aliphatic heterocycles. The van der Waals surface area contributed by atoms with Crippen molar-refractivity contribution in [3.05, 3.63) is 29.8 Å². The minimum atomic E-state index is 0. The lowest BCUT2D eigenvalue weighted by molar-refractivity contribution is 0.173. The third-order valence-electron chi connectivity index (χ3n) is 4.15. The number of halogens is 1. The molecule has 0 fully saturated rings. The maximum Gasteiger partial charge on any atom is 0.191 e. The Labute approximate surface area is 177 Å². The Balaban J connectivity index is 0.00000625. The lowest BCUT2D eigenvalue weighted by Gasteiger charge is -2.30. The molecule has 26 heavy (non-hydrogen) atoms. The second-order valence-electron chi connectivity index (χ2n) is 6.67. The molecule has 0 radical (unpaired) electrons. The predicted molar refractivity (Wildman–Crippen MR) is 123 cm³/mol. The average Bonchev–Trinajstić information content (AvgIpc) is 2.58. The van der Waals surface area contributed by atoms with Crippen molar-refractivity contribution in [3.63, 3.8) is 0 Å². The molecule has 0 aromatic heterocycles. The normalized spacial score (nSPS) is 11.7. The van der Waals surface area contributed by atoms with Crippen LogP contribution in [0.15, 0.2) is 29.3 Å². The van der Waals surface area contributed by atoms with E-state index in [9.17, 15) is 0 Å². The van der Waals surface area contributed by atoms with Crippen LogP contribution in [0.3, 0.4) is 0 Å². The van der Waals surface area contributed by atoms with Crippen molar-refractivity contribution >= 4 is 29.9 Å². The van der Waals surface area contributed by atoms with Gasteiger partial charge in [-0.1, -0.05) is 18.2 Å². The van der Waals surface area contributed by atoms with E-state index >= 15 is 0 Å². The predicted octanol–water partition coefficient (Wildman–Crippen LogP) is 3.88. The summed E-state index contributed by atoms with van der Waals surface area (Å²) in [5, 5.41) is 6.76. The molecule has 6 heteroatoms. The van der Waals surface area contributed by atoms with E-state index < -0.39 is 0 Å². The van der Waals surface area contributed by atoms with Crippen molar-refractivity contribution in [2.45, 2.75) is 59.7 Å². The summed E-state index contributed by atoms with van der Waals surface area (Å²) in [7, 11) is 1.80. The van der Waals surface area contributed by atoms with Crippen molar-refractivity contribution in [1.82, 2.24) is 15.5 Å². The number of aliphatic imine (C=N–C) groups is 1. The Hall–Kier alpha value is -1.02. The highest BCUT2D eigenvalue weighted by Gasteiger charge is 2.12. The smallest absolute Gasteiger partial charge is 0.191 e. The van der Waals surface area contributed by atoms with Gasteiger partial charge < -0.3 is 15.4 Å². The molecule has 0 atom stereocenters. The monoisotopic (exact) mass is 476 g/mol. The first-order chi connectivity index (χ1) is 12.0. The first-order valence-corrected chi connectivity index (χ1v) is 9.40. The summed E-state index contributed by atoms with van der Waals surface area (Å²) in [4.78, 5) is 6.82. The molecule has 1 aromatic rings. The third-order valence-corrected chi connectivity index (χ3v) is 4.15. The van der Waals surface area contributed by atoms with E-state index in [4.69, 9.17) is 4.74 Å². The van der Waals surface area contributed by atoms with E-state index in [2.05, 4.69) is 54.3 Å². The van der Waals surface area contributed by atoms with Crippen LogP contribution in [0.2, 0.25) is 0 Å². The van der Waals surface area contributed by atoms with Gasteiger partial charge in [-0.2, -0.15) is 0 Å². The lowest BCUT2D eigenvalue weighted by atomic mass is 10.2. The van der Waals surface area contributed by atoms with Crippen molar-refractivity contribution in [1.29, 1.82) is 0 Å². The number of rotatable bonds is 10. The molecule has 0 saturated carbocycles. The summed E-state index contributed by atoms with van der Waals surface area (Å²) < 4.78 is 5.67. The average molecular weight is 476 g/mol. The van der Waals surface area contributed by atoms with Crippen LogP contribution in [0.5, 0.6) is 5.75 Å². The van der Waals surface area contributed by atoms with E-state index in [-0.39, 0.29) is 24.0 Å². The number of guanidine groups is 1. The van der Waals surface area contributed by atoms with Gasteiger partial charge in [-0.25, -0.2) is 0 Å². The highest BCUT2D eigenvalue weighted by Crippen LogP contribution is 2.17. The molecule has 0 bridgehead atoms. The Morgan fingerprint density at radius 1 is 1.12 bits per heavy atom. The van der Waals surface area contributed by atoms with Crippen molar-refractivity contribution < 1.29 is 4.74 Å². The fourth-order valence-electron chi connectivity index (χ4n) is 2.93. The number of benzene rings is 1. The largest absolute Gasteiger partial charge is 0.494 e. The number of ether oxygens (including phenoxy) is 1. The van der Waals surface area contributed by atoms with Crippen LogP contribution in [0.1, 0.15) is 46.6 Å². The summed E-state index contributed by atoms with van der Waals surface area (Å²) in [6, 6.07) is 9.26. The van der Waals surface area contributed by atoms with Crippen LogP contribution in [0.25, 0.3) is 0 Å². The Kier molecular flexibility index (Phi) is 13.5. The number of nitrogens with zero attached hydrogens (tertiary/aromatic N) is 2. The van der Waals surface area contributed by atoms with Crippen LogP contribution < -0.4 is 15.4 Å². The molecule has 0 heterocycles. The van der Waals surface area contributed by atoms with Crippen LogP contribution in [-0.2, 0) is 6.54 Å². The van der Waals surface area contributed by atoms with Gasteiger partial charge in [-0.15, -0.1) is 24.0 Å². The van der Waals surface area contributed by atoms with E-state index in [1.54, 1.807) is 7.05 Å². The molecule has 0 aliphatic rings. The zero-order chi connectivity index (χ0) is 18.7. The molecule has 0 spiro atoms. The Morgan fingerprint density at radius 2 is 1.77 bits per heavy atom. The molecule has 5 nitrogen and oxygen atoms in total. The first-order valence-electron chi connectivity index (χ1n) is 9.40. The molecular weight excluding hydrogens is 439 g/mol. The minimum absolute atomic E-state index is 0. The number of hydrogen-bond acceptors (Lipinski definition) is 3. The van der Waals surface area contributed by atoms with Crippen molar-refractivity contribution in [3.8, 4) is 5.75 Å². The molecule has 0 unspecified atom stereocenters. The second-order valence-corrected chi connectivity index (χ2v) is 6.67. The summed E-state index contributed by atoms with van der Waals surface area (Å²) in [5.41, 5.74) is 1.14. The summed E-state index contributed by atoms with van der Waals surface area (Å²) in [6.45, 7) is 14.4. The first kappa shape index (κ1) is 25.0. The van der Waals surface area contributed by atoms with Gasteiger partial charge in [0.05, 0.1) is 6.61 Å². The van der Waals surface area contributed by atoms with Crippen LogP contribution in [0, 0.1) is 0 Å². The maximum atomic E-state index is 5.67. The number of nitrogens with one attached hydrogen (secondary N) is 2. The molecule has 150 valence electrons. The maximum absolute atomic E-state index is 5.67. The fourth-order valence-corrected chi connectivity index (χ4v) is 2.93. The standard InChI is InChI=1S/C20H36N4O.HI/c1-7-25-19-12-9-8-11-18(19)15-23-20(21-6)22-13-10-14-24(16(2)3)17(4)5;/h8-9,11-12,16-17H,7,10,13-15H2,1-6H3,(H2,21,22,23);1H. The Bertz CT molecular complexity index is 512. The number of para-hydroxylation sites is 1. The summed E-state index contributed by atoms with van der Waals surface area (Å²) in [5.74, 6) is 1.75. The molecule has 0 saturated heterocycles. The van der Waals surface area contributed by atoms with Gasteiger partial charge >= 0.3 is 0 Å². The van der Waals surface area contributed by atoms with Gasteiger partial charge in [0, 0.05) is 44.3 Å². The van der Waals surface area contributed by atoms with Gasteiger partial charge in [0.25, 0.3) is 0 Å². The van der Waals surface area contributed by atoms with Gasteiger partial charge in [0.15, 0.2) is 5.96 Å². The van der Waals surface area contributed by atoms with Crippen molar-refractivity contribution in [2.75, 3.05) is 26.7 Å². The highest BCUT2D eigenvalue weighted by molar-refractivity contribution is 14.0. The fraction of sp³-hybridized carbons (Fsp3) is 0.650. The zero-order valence-electron chi connectivity index (χ0n) is 17.2. The van der Waals surface area contributed by atoms with Crippen molar-refractivity contribution in [2.24, 2.45) is 4.99 Å². The number of hydrogen-bond donors (Lipinski definition) is 2. The van der Waals surface area contributed by atoms with Crippen LogP contribution >= 0.6 is 24.0 Å². The molecule has 1 rings (SSSR count). The van der Waals surface area contributed by atoms with E-state index in [1.807, 2.05) is 25.1 Å². The molecular formula is C20H37IN4O. The van der Waals surface area contributed by atoms with Gasteiger partial charge in [0.2, 0.25) is 0 Å². The third kappa shape index (κ3) is 9.07. The SMILES string of the molecule is CCOc1ccccc1CNC(=NC)NCCCN(C(C)C)C(C)C.I.